The van der Waals surface area contributed by atoms with E-state index in [1.165, 1.54) is 9.13 Å². The molecule has 0 aliphatic rings. The number of halogens is 2. The maximum atomic E-state index is 6.45. The summed E-state index contributed by atoms with van der Waals surface area (Å²) in [6.45, 7) is 7.96. The predicted molar refractivity (Wildman–Crippen MR) is 96.9 cm³/mol. The first-order valence-electron chi connectivity index (χ1n) is 7.28. The van der Waals surface area contributed by atoms with E-state index in [9.17, 15) is 0 Å². The summed E-state index contributed by atoms with van der Waals surface area (Å²) in [4.78, 5) is 0. The molecular formula is C16H21ClIN3. The number of hydrogen-bond donors (Lipinski definition) is 1. The summed E-state index contributed by atoms with van der Waals surface area (Å²) in [5.74, 6) is 0. The van der Waals surface area contributed by atoms with Gasteiger partial charge in [-0.25, -0.2) is 0 Å². The van der Waals surface area contributed by atoms with Gasteiger partial charge in [0.15, 0.2) is 0 Å². The van der Waals surface area contributed by atoms with Gasteiger partial charge in [-0.2, -0.15) is 5.10 Å². The van der Waals surface area contributed by atoms with Gasteiger partial charge in [0.05, 0.1) is 16.4 Å². The molecule has 114 valence electrons. The van der Waals surface area contributed by atoms with Crippen molar-refractivity contribution in [2.24, 2.45) is 0 Å². The van der Waals surface area contributed by atoms with Gasteiger partial charge in [0.1, 0.15) is 0 Å². The Bertz CT molecular complexity index is 610. The molecule has 1 aromatic carbocycles. The first-order valence-corrected chi connectivity index (χ1v) is 8.73. The zero-order valence-electron chi connectivity index (χ0n) is 12.7. The fraction of sp³-hybridized carbons (Fsp3) is 0.438. The van der Waals surface area contributed by atoms with Crippen molar-refractivity contribution in [3.8, 4) is 0 Å². The van der Waals surface area contributed by atoms with Crippen molar-refractivity contribution in [1.29, 1.82) is 0 Å². The lowest BCUT2D eigenvalue weighted by atomic mass is 10.0. The van der Waals surface area contributed by atoms with E-state index >= 15 is 0 Å². The van der Waals surface area contributed by atoms with Gasteiger partial charge < -0.3 is 5.32 Å². The third kappa shape index (κ3) is 3.79. The van der Waals surface area contributed by atoms with Gasteiger partial charge >= 0.3 is 0 Å². The topological polar surface area (TPSA) is 29.9 Å². The van der Waals surface area contributed by atoms with E-state index in [0.29, 0.717) is 0 Å². The number of hydrogen-bond acceptors (Lipinski definition) is 2. The number of nitrogens with one attached hydrogen (secondary N) is 1. The van der Waals surface area contributed by atoms with Crippen molar-refractivity contribution in [2.45, 2.75) is 39.8 Å². The van der Waals surface area contributed by atoms with Crippen LogP contribution in [0.5, 0.6) is 0 Å². The van der Waals surface area contributed by atoms with Gasteiger partial charge in [-0.05, 0) is 54.6 Å². The molecule has 0 saturated heterocycles. The molecule has 1 N–H and O–H groups in total. The zero-order valence-corrected chi connectivity index (χ0v) is 15.6. The zero-order chi connectivity index (χ0) is 15.4. The molecule has 5 heteroatoms. The molecule has 1 unspecified atom stereocenters. The molecule has 1 aromatic heterocycles. The lowest BCUT2D eigenvalue weighted by Gasteiger charge is -2.20. The molecule has 0 saturated carbocycles. The molecular weight excluding hydrogens is 397 g/mol. The van der Waals surface area contributed by atoms with Crippen LogP contribution in [0, 0.1) is 10.5 Å². The van der Waals surface area contributed by atoms with Crippen LogP contribution in [0.15, 0.2) is 24.3 Å². The second-order valence-electron chi connectivity index (χ2n) is 5.00. The summed E-state index contributed by atoms with van der Waals surface area (Å²) in [6, 6.07) is 8.74. The second-order valence-corrected chi connectivity index (χ2v) is 6.54. The highest BCUT2D eigenvalue weighted by Crippen LogP contribution is 2.28. The Morgan fingerprint density at radius 3 is 2.67 bits per heavy atom. The molecule has 0 aliphatic heterocycles. The highest BCUT2D eigenvalue weighted by Gasteiger charge is 2.20. The van der Waals surface area contributed by atoms with Crippen LogP contribution in [0.25, 0.3) is 0 Å². The van der Waals surface area contributed by atoms with Crippen LogP contribution < -0.4 is 5.32 Å². The first-order chi connectivity index (χ1) is 10.1. The smallest absolute Gasteiger partial charge is 0.0847 e. The van der Waals surface area contributed by atoms with Gasteiger partial charge in [-0.1, -0.05) is 36.7 Å². The summed E-state index contributed by atoms with van der Waals surface area (Å²) in [5.41, 5.74) is 3.34. The average molecular weight is 418 g/mol. The van der Waals surface area contributed by atoms with E-state index in [-0.39, 0.29) is 6.04 Å². The normalized spacial score (nSPS) is 12.6. The Morgan fingerprint density at radius 2 is 2.05 bits per heavy atom. The van der Waals surface area contributed by atoms with Crippen LogP contribution >= 0.6 is 34.2 Å². The van der Waals surface area contributed by atoms with Crippen LogP contribution in [0.3, 0.4) is 0 Å². The molecule has 0 spiro atoms. The monoisotopic (exact) mass is 417 g/mol. The maximum Gasteiger partial charge on any atom is 0.0847 e. The van der Waals surface area contributed by atoms with Crippen LogP contribution in [0.1, 0.15) is 36.8 Å². The average Bonchev–Trinajstić information content (AvgIpc) is 2.75. The van der Waals surface area contributed by atoms with E-state index in [0.717, 1.165) is 35.9 Å². The van der Waals surface area contributed by atoms with Gasteiger partial charge in [0.25, 0.3) is 0 Å². The van der Waals surface area contributed by atoms with Crippen LogP contribution in [-0.4, -0.2) is 16.3 Å². The van der Waals surface area contributed by atoms with E-state index in [1.54, 1.807) is 0 Å². The number of likely N-dealkylation sites (N-methyl/N-ethyl adjacent to an activating group) is 1. The molecule has 0 bridgehead atoms. The number of aromatic nitrogens is 2. The molecule has 1 atom stereocenters. The molecule has 21 heavy (non-hydrogen) atoms. The lowest BCUT2D eigenvalue weighted by Crippen LogP contribution is -2.25. The molecule has 0 fully saturated rings. The van der Waals surface area contributed by atoms with Gasteiger partial charge in [-0.3, -0.25) is 4.68 Å². The number of nitrogens with zero attached hydrogens (tertiary/aromatic N) is 2. The largest absolute Gasteiger partial charge is 0.310 e. The third-order valence-electron chi connectivity index (χ3n) is 3.58. The molecule has 0 radical (unpaired) electrons. The Morgan fingerprint density at radius 1 is 1.33 bits per heavy atom. The van der Waals surface area contributed by atoms with Crippen molar-refractivity contribution < 1.29 is 0 Å². The highest BCUT2D eigenvalue weighted by molar-refractivity contribution is 14.1. The Balaban J connectivity index is 2.35. The standard InChI is InChI=1S/C16H21ClIN3/c1-4-19-14(12-8-6-7-9-13(12)18)10-15-16(17)11(3)20-21(15)5-2/h6-9,14,19H,4-5,10H2,1-3H3. The van der Waals surface area contributed by atoms with Gasteiger partial charge in [0.2, 0.25) is 0 Å². The highest BCUT2D eigenvalue weighted by atomic mass is 127. The Kier molecular flexibility index (Phi) is 6.08. The van der Waals surface area contributed by atoms with E-state index in [1.807, 2.05) is 11.6 Å². The minimum absolute atomic E-state index is 0.252. The minimum atomic E-state index is 0.252. The Hall–Kier alpha value is -0.590. The summed E-state index contributed by atoms with van der Waals surface area (Å²) < 4.78 is 3.29. The molecule has 0 aliphatic carbocycles. The maximum absolute atomic E-state index is 6.45. The SMILES string of the molecule is CCNC(Cc1c(Cl)c(C)nn1CC)c1ccccc1I. The van der Waals surface area contributed by atoms with Gasteiger partial charge in [-0.15, -0.1) is 0 Å². The third-order valence-corrected chi connectivity index (χ3v) is 5.06. The number of benzene rings is 1. The molecule has 1 heterocycles. The summed E-state index contributed by atoms with van der Waals surface area (Å²) in [7, 11) is 0. The van der Waals surface area contributed by atoms with Crippen molar-refractivity contribution in [3.05, 3.63) is 49.8 Å². The minimum Gasteiger partial charge on any atom is -0.310 e. The van der Waals surface area contributed by atoms with Crippen LogP contribution in [0.4, 0.5) is 0 Å². The quantitative estimate of drug-likeness (QED) is 0.708. The molecule has 2 rings (SSSR count). The van der Waals surface area contributed by atoms with Crippen molar-refractivity contribution >= 4 is 34.2 Å². The number of aryl methyl sites for hydroxylation is 2. The number of rotatable bonds is 6. The fourth-order valence-corrected chi connectivity index (χ4v) is 3.53. The fourth-order valence-electron chi connectivity index (χ4n) is 2.55. The molecule has 3 nitrogen and oxygen atoms in total. The Labute approximate surface area is 145 Å². The second kappa shape index (κ2) is 7.61. The molecule has 2 aromatic rings. The van der Waals surface area contributed by atoms with Crippen LogP contribution in [0.2, 0.25) is 5.02 Å². The molecule has 0 amide bonds. The van der Waals surface area contributed by atoms with Crippen molar-refractivity contribution in [1.82, 2.24) is 15.1 Å². The van der Waals surface area contributed by atoms with Gasteiger partial charge in [0, 0.05) is 22.6 Å². The lowest BCUT2D eigenvalue weighted by molar-refractivity contribution is 0.514. The first kappa shape index (κ1) is 16.8. The van der Waals surface area contributed by atoms with Crippen LogP contribution in [-0.2, 0) is 13.0 Å². The summed E-state index contributed by atoms with van der Waals surface area (Å²) >= 11 is 8.85. The van der Waals surface area contributed by atoms with E-state index in [4.69, 9.17) is 11.6 Å². The van der Waals surface area contributed by atoms with Crippen molar-refractivity contribution in [2.75, 3.05) is 6.54 Å². The van der Waals surface area contributed by atoms with E-state index in [2.05, 4.69) is 71.1 Å². The van der Waals surface area contributed by atoms with E-state index < -0.39 is 0 Å². The summed E-state index contributed by atoms with van der Waals surface area (Å²) in [5, 5.41) is 8.88. The predicted octanol–water partition coefficient (Wildman–Crippen LogP) is 4.36. The van der Waals surface area contributed by atoms with Crippen molar-refractivity contribution in [3.63, 3.8) is 0 Å². The summed E-state index contributed by atoms with van der Waals surface area (Å²) in [6.07, 6.45) is 0.849.